The van der Waals surface area contributed by atoms with Gasteiger partial charge in [0.1, 0.15) is 0 Å². The Morgan fingerprint density at radius 3 is 2.38 bits per heavy atom. The number of amides is 1. The molecule has 0 aliphatic carbocycles. The van der Waals surface area contributed by atoms with E-state index in [0.717, 1.165) is 17.2 Å². The molecule has 0 atom stereocenters. The van der Waals surface area contributed by atoms with E-state index in [2.05, 4.69) is 15.4 Å². The van der Waals surface area contributed by atoms with Gasteiger partial charge in [-0.25, -0.2) is 9.50 Å². The Hall–Kier alpha value is -3.10. The standard InChI is InChI=1S/C22H15Cl2F3N4O/c1-11-3-5-14(7-12(11)2)28-21(32)18-10-20-29-17(13-4-6-15(23)16(24)8-13)9-19(22(25,26)27)31(20)30-18/h3-10H,1-2H3,(H,28,32). The molecule has 0 radical (unpaired) electrons. The van der Waals surface area contributed by atoms with Crippen LogP contribution in [0.4, 0.5) is 18.9 Å². The van der Waals surface area contributed by atoms with Gasteiger partial charge in [0.15, 0.2) is 17.0 Å². The molecule has 0 aliphatic rings. The molecule has 0 fully saturated rings. The highest BCUT2D eigenvalue weighted by atomic mass is 35.5. The number of alkyl halides is 3. The Morgan fingerprint density at radius 1 is 0.969 bits per heavy atom. The zero-order valence-electron chi connectivity index (χ0n) is 16.8. The zero-order chi connectivity index (χ0) is 23.2. The Bertz CT molecular complexity index is 1370. The van der Waals surface area contributed by atoms with E-state index >= 15 is 0 Å². The van der Waals surface area contributed by atoms with Crippen LogP contribution < -0.4 is 5.32 Å². The van der Waals surface area contributed by atoms with Gasteiger partial charge in [0.2, 0.25) is 0 Å². The molecule has 4 rings (SSSR count). The number of carbonyl (C=O) groups is 1. The summed E-state index contributed by atoms with van der Waals surface area (Å²) >= 11 is 11.9. The molecular weight excluding hydrogens is 464 g/mol. The summed E-state index contributed by atoms with van der Waals surface area (Å²) in [6.07, 6.45) is -4.74. The molecule has 2 heterocycles. The van der Waals surface area contributed by atoms with E-state index in [1.54, 1.807) is 12.1 Å². The third kappa shape index (κ3) is 4.28. The molecule has 2 aromatic heterocycles. The second-order valence-electron chi connectivity index (χ2n) is 7.21. The first-order valence-electron chi connectivity index (χ1n) is 9.35. The highest BCUT2D eigenvalue weighted by Crippen LogP contribution is 2.34. The molecule has 1 amide bonds. The van der Waals surface area contributed by atoms with Crippen molar-refractivity contribution >= 4 is 40.4 Å². The minimum absolute atomic E-state index is 0.0180. The molecule has 32 heavy (non-hydrogen) atoms. The monoisotopic (exact) mass is 478 g/mol. The van der Waals surface area contributed by atoms with Crippen LogP contribution in [0.3, 0.4) is 0 Å². The van der Waals surface area contributed by atoms with E-state index in [0.29, 0.717) is 15.8 Å². The van der Waals surface area contributed by atoms with Crippen molar-refractivity contribution in [2.75, 3.05) is 5.32 Å². The number of aromatic nitrogens is 3. The molecule has 164 valence electrons. The van der Waals surface area contributed by atoms with Crippen molar-refractivity contribution in [3.63, 3.8) is 0 Å². The van der Waals surface area contributed by atoms with Crippen LogP contribution in [-0.2, 0) is 6.18 Å². The largest absolute Gasteiger partial charge is 0.433 e. The van der Waals surface area contributed by atoms with E-state index in [1.165, 1.54) is 24.3 Å². The molecule has 0 unspecified atom stereocenters. The summed E-state index contributed by atoms with van der Waals surface area (Å²) in [6.45, 7) is 3.82. The lowest BCUT2D eigenvalue weighted by atomic mass is 10.1. The molecular formula is C22H15Cl2F3N4O. The van der Waals surface area contributed by atoms with Gasteiger partial charge in [-0.05, 0) is 55.3 Å². The van der Waals surface area contributed by atoms with Crippen molar-refractivity contribution in [1.82, 2.24) is 14.6 Å². The van der Waals surface area contributed by atoms with Crippen LogP contribution in [0.25, 0.3) is 16.9 Å². The predicted molar refractivity (Wildman–Crippen MR) is 117 cm³/mol. The Kier molecular flexibility index (Phi) is 5.60. The van der Waals surface area contributed by atoms with Crippen molar-refractivity contribution < 1.29 is 18.0 Å². The van der Waals surface area contributed by atoms with Gasteiger partial charge in [-0.3, -0.25) is 4.79 Å². The fourth-order valence-electron chi connectivity index (χ4n) is 3.11. The van der Waals surface area contributed by atoms with Gasteiger partial charge >= 0.3 is 6.18 Å². The lowest BCUT2D eigenvalue weighted by molar-refractivity contribution is -0.142. The predicted octanol–water partition coefficient (Wildman–Crippen LogP) is 6.59. The van der Waals surface area contributed by atoms with E-state index in [4.69, 9.17) is 23.2 Å². The van der Waals surface area contributed by atoms with Gasteiger partial charge < -0.3 is 5.32 Å². The maximum atomic E-state index is 13.8. The maximum Gasteiger partial charge on any atom is 0.433 e. The molecule has 1 N–H and O–H groups in total. The van der Waals surface area contributed by atoms with Gasteiger partial charge in [0.05, 0.1) is 15.7 Å². The number of fused-ring (bicyclic) bond motifs is 1. The SMILES string of the molecule is Cc1ccc(NC(=O)c2cc3nc(-c4ccc(Cl)c(Cl)c4)cc(C(F)(F)F)n3n2)cc1C. The minimum Gasteiger partial charge on any atom is -0.321 e. The lowest BCUT2D eigenvalue weighted by Crippen LogP contribution is -2.15. The zero-order valence-corrected chi connectivity index (χ0v) is 18.3. The van der Waals surface area contributed by atoms with Crippen LogP contribution in [0.2, 0.25) is 10.0 Å². The topological polar surface area (TPSA) is 59.3 Å². The van der Waals surface area contributed by atoms with Crippen LogP contribution in [0.15, 0.2) is 48.5 Å². The number of rotatable bonds is 3. The first-order valence-corrected chi connectivity index (χ1v) is 10.1. The first-order chi connectivity index (χ1) is 15.0. The number of anilines is 1. The molecule has 0 aliphatic heterocycles. The quantitative estimate of drug-likeness (QED) is 0.361. The lowest BCUT2D eigenvalue weighted by Gasteiger charge is -2.11. The van der Waals surface area contributed by atoms with E-state index in [-0.39, 0.29) is 27.1 Å². The average molecular weight is 479 g/mol. The summed E-state index contributed by atoms with van der Waals surface area (Å²) in [5, 5.41) is 6.95. The molecule has 2 aromatic carbocycles. The molecule has 5 nitrogen and oxygen atoms in total. The summed E-state index contributed by atoms with van der Waals surface area (Å²) in [6, 6.07) is 11.8. The van der Waals surface area contributed by atoms with Crippen LogP contribution in [-0.4, -0.2) is 20.5 Å². The summed E-state index contributed by atoms with van der Waals surface area (Å²) in [5.74, 6) is -0.650. The Balaban J connectivity index is 1.78. The van der Waals surface area contributed by atoms with Crippen molar-refractivity contribution in [2.24, 2.45) is 0 Å². The number of aryl methyl sites for hydroxylation is 2. The Labute approximate surface area is 190 Å². The summed E-state index contributed by atoms with van der Waals surface area (Å²) < 4.78 is 41.9. The fourth-order valence-corrected chi connectivity index (χ4v) is 3.40. The van der Waals surface area contributed by atoms with Crippen molar-refractivity contribution in [1.29, 1.82) is 0 Å². The number of halogens is 5. The number of hydrogen-bond acceptors (Lipinski definition) is 3. The van der Waals surface area contributed by atoms with Crippen molar-refractivity contribution in [3.8, 4) is 11.3 Å². The van der Waals surface area contributed by atoms with Gasteiger partial charge in [0.25, 0.3) is 5.91 Å². The van der Waals surface area contributed by atoms with Gasteiger partial charge in [-0.2, -0.15) is 18.3 Å². The fraction of sp³-hybridized carbons (Fsp3) is 0.136. The molecule has 0 spiro atoms. The van der Waals surface area contributed by atoms with Crippen LogP contribution in [0.5, 0.6) is 0 Å². The Morgan fingerprint density at radius 2 is 1.72 bits per heavy atom. The molecule has 0 saturated carbocycles. The number of carbonyl (C=O) groups excluding carboxylic acids is 1. The maximum absolute atomic E-state index is 13.8. The van der Waals surface area contributed by atoms with E-state index < -0.39 is 17.8 Å². The summed E-state index contributed by atoms with van der Waals surface area (Å²) in [7, 11) is 0. The minimum atomic E-state index is -4.74. The number of benzene rings is 2. The third-order valence-electron chi connectivity index (χ3n) is 4.93. The smallest absolute Gasteiger partial charge is 0.321 e. The number of nitrogens with one attached hydrogen (secondary N) is 1. The van der Waals surface area contributed by atoms with Crippen LogP contribution in [0, 0.1) is 13.8 Å². The first kappa shape index (κ1) is 22.1. The van der Waals surface area contributed by atoms with Gasteiger partial charge in [0, 0.05) is 17.3 Å². The molecule has 4 aromatic rings. The van der Waals surface area contributed by atoms with Crippen molar-refractivity contribution in [3.05, 3.63) is 81.1 Å². The normalized spacial score (nSPS) is 11.7. The van der Waals surface area contributed by atoms with E-state index in [1.807, 2.05) is 19.9 Å². The van der Waals surface area contributed by atoms with Gasteiger partial charge in [-0.1, -0.05) is 35.3 Å². The van der Waals surface area contributed by atoms with Gasteiger partial charge in [-0.15, -0.1) is 0 Å². The number of hydrogen-bond donors (Lipinski definition) is 1. The third-order valence-corrected chi connectivity index (χ3v) is 5.67. The molecule has 0 bridgehead atoms. The summed E-state index contributed by atoms with van der Waals surface area (Å²) in [4.78, 5) is 16.9. The second kappa shape index (κ2) is 8.11. The summed E-state index contributed by atoms with van der Waals surface area (Å²) in [5.41, 5.74) is 1.47. The van der Waals surface area contributed by atoms with Crippen LogP contribution in [0.1, 0.15) is 27.3 Å². The van der Waals surface area contributed by atoms with Crippen LogP contribution >= 0.6 is 23.2 Å². The second-order valence-corrected chi connectivity index (χ2v) is 8.02. The highest BCUT2D eigenvalue weighted by molar-refractivity contribution is 6.42. The highest BCUT2D eigenvalue weighted by Gasteiger charge is 2.35. The number of nitrogens with zero attached hydrogens (tertiary/aromatic N) is 3. The van der Waals surface area contributed by atoms with E-state index in [9.17, 15) is 18.0 Å². The van der Waals surface area contributed by atoms with Crippen molar-refractivity contribution in [2.45, 2.75) is 20.0 Å². The molecule has 10 heteroatoms. The average Bonchev–Trinajstić information content (AvgIpc) is 3.15. The molecule has 0 saturated heterocycles.